The lowest BCUT2D eigenvalue weighted by Gasteiger charge is -2.22. The summed E-state index contributed by atoms with van der Waals surface area (Å²) in [5.74, 6) is 1.62. The molecular weight excluding hydrogens is 230 g/mol. The number of aromatic nitrogens is 2. The first kappa shape index (κ1) is 13.2. The quantitative estimate of drug-likeness (QED) is 0.866. The predicted octanol–water partition coefficient (Wildman–Crippen LogP) is 1.91. The van der Waals surface area contributed by atoms with Crippen molar-refractivity contribution in [3.05, 3.63) is 17.6 Å². The standard InChI is InChI=1S/C13H21N3O2/c1-3-14-12-8-10(2)15-13(16-12)9-18-11-4-6-17-7-5-11/h8,11H,3-7,9H2,1-2H3,(H,14,15,16). The molecule has 1 saturated heterocycles. The van der Waals surface area contributed by atoms with E-state index < -0.39 is 0 Å². The molecule has 1 fully saturated rings. The lowest BCUT2D eigenvalue weighted by molar-refractivity contribution is -0.0409. The molecule has 2 heterocycles. The summed E-state index contributed by atoms with van der Waals surface area (Å²) in [5.41, 5.74) is 0.964. The molecule has 2 rings (SSSR count). The molecule has 100 valence electrons. The Hall–Kier alpha value is -1.20. The molecule has 0 unspecified atom stereocenters. The van der Waals surface area contributed by atoms with Gasteiger partial charge < -0.3 is 14.8 Å². The molecule has 0 aromatic carbocycles. The number of anilines is 1. The molecule has 0 saturated carbocycles. The van der Waals surface area contributed by atoms with Crippen molar-refractivity contribution < 1.29 is 9.47 Å². The number of rotatable bonds is 5. The van der Waals surface area contributed by atoms with E-state index in [0.717, 1.165) is 49.9 Å². The van der Waals surface area contributed by atoms with Crippen LogP contribution in [0, 0.1) is 6.92 Å². The van der Waals surface area contributed by atoms with E-state index >= 15 is 0 Å². The summed E-state index contributed by atoms with van der Waals surface area (Å²) in [7, 11) is 0. The molecule has 1 aliphatic rings. The Bertz CT molecular complexity index is 378. The third kappa shape index (κ3) is 3.92. The van der Waals surface area contributed by atoms with Gasteiger partial charge in [-0.05, 0) is 26.7 Å². The van der Waals surface area contributed by atoms with Crippen molar-refractivity contribution >= 4 is 5.82 Å². The molecule has 1 N–H and O–H groups in total. The molecule has 0 aliphatic carbocycles. The maximum Gasteiger partial charge on any atom is 0.156 e. The van der Waals surface area contributed by atoms with Gasteiger partial charge in [0.2, 0.25) is 0 Å². The maximum atomic E-state index is 5.82. The van der Waals surface area contributed by atoms with Gasteiger partial charge in [0.1, 0.15) is 12.4 Å². The molecule has 0 bridgehead atoms. The summed E-state index contributed by atoms with van der Waals surface area (Å²) in [6.07, 6.45) is 2.21. The Morgan fingerprint density at radius 2 is 2.17 bits per heavy atom. The fraction of sp³-hybridized carbons (Fsp3) is 0.692. The van der Waals surface area contributed by atoms with Crippen LogP contribution in [0.3, 0.4) is 0 Å². The van der Waals surface area contributed by atoms with Gasteiger partial charge in [0, 0.05) is 31.5 Å². The summed E-state index contributed by atoms with van der Waals surface area (Å²) in [4.78, 5) is 8.82. The normalized spacial score (nSPS) is 16.8. The minimum Gasteiger partial charge on any atom is -0.381 e. The Kier molecular flexibility index (Phi) is 4.90. The van der Waals surface area contributed by atoms with Crippen molar-refractivity contribution in [3.63, 3.8) is 0 Å². The van der Waals surface area contributed by atoms with Crippen LogP contribution in [0.15, 0.2) is 6.07 Å². The van der Waals surface area contributed by atoms with Crippen molar-refractivity contribution in [2.45, 2.75) is 39.4 Å². The van der Waals surface area contributed by atoms with Crippen LogP contribution in [0.4, 0.5) is 5.82 Å². The van der Waals surface area contributed by atoms with E-state index in [1.54, 1.807) is 0 Å². The van der Waals surface area contributed by atoms with Crippen LogP contribution in [-0.4, -0.2) is 35.8 Å². The molecule has 0 amide bonds. The highest BCUT2D eigenvalue weighted by molar-refractivity contribution is 5.35. The monoisotopic (exact) mass is 251 g/mol. The second-order valence-corrected chi connectivity index (χ2v) is 4.46. The Labute approximate surface area is 108 Å². The Balaban J connectivity index is 1.91. The van der Waals surface area contributed by atoms with Gasteiger partial charge in [-0.25, -0.2) is 9.97 Å². The van der Waals surface area contributed by atoms with Crippen molar-refractivity contribution in [2.24, 2.45) is 0 Å². The first-order valence-electron chi connectivity index (χ1n) is 6.55. The average molecular weight is 251 g/mol. The summed E-state index contributed by atoms with van der Waals surface area (Å²) in [6.45, 7) is 6.95. The zero-order chi connectivity index (χ0) is 12.8. The third-order valence-corrected chi connectivity index (χ3v) is 2.87. The second kappa shape index (κ2) is 6.66. The zero-order valence-electron chi connectivity index (χ0n) is 11.1. The van der Waals surface area contributed by atoms with Crippen LogP contribution < -0.4 is 5.32 Å². The van der Waals surface area contributed by atoms with Crippen molar-refractivity contribution in [1.29, 1.82) is 0 Å². The molecule has 1 aliphatic heterocycles. The van der Waals surface area contributed by atoms with Gasteiger partial charge in [-0.1, -0.05) is 0 Å². The van der Waals surface area contributed by atoms with Gasteiger partial charge in [0.05, 0.1) is 6.10 Å². The average Bonchev–Trinajstić information content (AvgIpc) is 2.37. The number of hydrogen-bond acceptors (Lipinski definition) is 5. The number of hydrogen-bond donors (Lipinski definition) is 1. The van der Waals surface area contributed by atoms with E-state index in [-0.39, 0.29) is 6.10 Å². The van der Waals surface area contributed by atoms with E-state index in [2.05, 4.69) is 22.2 Å². The number of ether oxygens (including phenoxy) is 2. The van der Waals surface area contributed by atoms with Gasteiger partial charge in [0.15, 0.2) is 5.82 Å². The molecule has 18 heavy (non-hydrogen) atoms. The molecule has 0 spiro atoms. The van der Waals surface area contributed by atoms with Crippen LogP contribution >= 0.6 is 0 Å². The zero-order valence-corrected chi connectivity index (χ0v) is 11.1. The number of nitrogens with one attached hydrogen (secondary N) is 1. The highest BCUT2D eigenvalue weighted by atomic mass is 16.5. The van der Waals surface area contributed by atoms with Crippen LogP contribution in [0.25, 0.3) is 0 Å². The number of nitrogens with zero attached hydrogens (tertiary/aromatic N) is 2. The van der Waals surface area contributed by atoms with Gasteiger partial charge in [-0.3, -0.25) is 0 Å². The van der Waals surface area contributed by atoms with Gasteiger partial charge in [-0.15, -0.1) is 0 Å². The molecule has 1 aromatic heterocycles. The molecular formula is C13H21N3O2. The molecule has 1 aromatic rings. The Morgan fingerprint density at radius 1 is 1.39 bits per heavy atom. The minimum atomic E-state index is 0.283. The van der Waals surface area contributed by atoms with Crippen LogP contribution in [0.5, 0.6) is 0 Å². The molecule has 5 nitrogen and oxygen atoms in total. The fourth-order valence-corrected chi connectivity index (χ4v) is 2.00. The fourth-order valence-electron chi connectivity index (χ4n) is 2.00. The molecule has 5 heteroatoms. The summed E-state index contributed by atoms with van der Waals surface area (Å²) < 4.78 is 11.1. The van der Waals surface area contributed by atoms with Gasteiger partial charge in [-0.2, -0.15) is 0 Å². The first-order valence-corrected chi connectivity index (χ1v) is 6.55. The second-order valence-electron chi connectivity index (χ2n) is 4.46. The highest BCUT2D eigenvalue weighted by Crippen LogP contribution is 2.13. The highest BCUT2D eigenvalue weighted by Gasteiger charge is 2.14. The summed E-state index contributed by atoms with van der Waals surface area (Å²) in [5, 5.41) is 3.20. The van der Waals surface area contributed by atoms with Crippen molar-refractivity contribution in [3.8, 4) is 0 Å². The molecule has 0 atom stereocenters. The smallest absolute Gasteiger partial charge is 0.156 e. The van der Waals surface area contributed by atoms with Crippen LogP contribution in [-0.2, 0) is 16.1 Å². The summed E-state index contributed by atoms with van der Waals surface area (Å²) >= 11 is 0. The van der Waals surface area contributed by atoms with E-state index in [4.69, 9.17) is 9.47 Å². The maximum absolute atomic E-state index is 5.82. The first-order chi connectivity index (χ1) is 8.78. The SMILES string of the molecule is CCNc1cc(C)nc(COC2CCOCC2)n1. The third-order valence-electron chi connectivity index (χ3n) is 2.87. The van der Waals surface area contributed by atoms with Crippen molar-refractivity contribution in [2.75, 3.05) is 25.1 Å². The predicted molar refractivity (Wildman–Crippen MR) is 69.6 cm³/mol. The van der Waals surface area contributed by atoms with E-state index in [1.807, 2.05) is 13.0 Å². The van der Waals surface area contributed by atoms with E-state index in [0.29, 0.717) is 6.61 Å². The van der Waals surface area contributed by atoms with Crippen LogP contribution in [0.1, 0.15) is 31.3 Å². The Morgan fingerprint density at radius 3 is 2.89 bits per heavy atom. The van der Waals surface area contributed by atoms with E-state index in [9.17, 15) is 0 Å². The molecule has 0 radical (unpaired) electrons. The minimum absolute atomic E-state index is 0.283. The lowest BCUT2D eigenvalue weighted by Crippen LogP contribution is -2.23. The van der Waals surface area contributed by atoms with Gasteiger partial charge >= 0.3 is 0 Å². The van der Waals surface area contributed by atoms with Crippen LogP contribution in [0.2, 0.25) is 0 Å². The largest absolute Gasteiger partial charge is 0.381 e. The van der Waals surface area contributed by atoms with Gasteiger partial charge in [0.25, 0.3) is 0 Å². The van der Waals surface area contributed by atoms with Crippen molar-refractivity contribution in [1.82, 2.24) is 9.97 Å². The van der Waals surface area contributed by atoms with E-state index in [1.165, 1.54) is 0 Å². The summed E-state index contributed by atoms with van der Waals surface area (Å²) in [6, 6.07) is 1.95. The topological polar surface area (TPSA) is 56.3 Å². The lowest BCUT2D eigenvalue weighted by atomic mass is 10.2. The number of aryl methyl sites for hydroxylation is 1.